The number of carboxylic acid groups (broad SMARTS) is 2. The van der Waals surface area contributed by atoms with E-state index in [9.17, 15) is 14.7 Å². The largest absolute Gasteiger partial charge is 0.549 e. The molecule has 0 aromatic carbocycles. The summed E-state index contributed by atoms with van der Waals surface area (Å²) in [6.07, 6.45) is 0. The summed E-state index contributed by atoms with van der Waals surface area (Å²) in [5, 5.41) is 18.2. The average molecular weight is 205 g/mol. The van der Waals surface area contributed by atoms with Crippen molar-refractivity contribution in [1.82, 2.24) is 0 Å². The minimum Gasteiger partial charge on any atom is -0.549 e. The van der Waals surface area contributed by atoms with Gasteiger partial charge in [-0.05, 0) is 13.8 Å². The predicted molar refractivity (Wildman–Crippen MR) is 50.4 cm³/mol. The van der Waals surface area contributed by atoms with E-state index < -0.39 is 17.4 Å². The quantitative estimate of drug-likeness (QED) is 0.471. The first-order valence-electron chi connectivity index (χ1n) is 4.12. The molecule has 0 saturated heterocycles. The summed E-state index contributed by atoms with van der Waals surface area (Å²) in [6.45, 7) is 2.15. The van der Waals surface area contributed by atoms with Gasteiger partial charge in [0.1, 0.15) is 5.41 Å². The number of quaternary nitrogens is 1. The van der Waals surface area contributed by atoms with Gasteiger partial charge in [-0.3, -0.25) is 4.79 Å². The third kappa shape index (κ3) is 8.99. The molecule has 0 rings (SSSR count). The van der Waals surface area contributed by atoms with E-state index in [0.717, 1.165) is 18.3 Å². The molecule has 0 aliphatic rings. The lowest BCUT2D eigenvalue weighted by molar-refractivity contribution is -0.849. The summed E-state index contributed by atoms with van der Waals surface area (Å²) < 4.78 is 1.00. The molecule has 0 aromatic heterocycles. The van der Waals surface area contributed by atoms with Crippen LogP contribution < -0.4 is 5.11 Å². The molecule has 5 nitrogen and oxygen atoms in total. The fraction of sp³-hybridized carbons (Fsp3) is 0.778. The van der Waals surface area contributed by atoms with Gasteiger partial charge in [0.2, 0.25) is 0 Å². The minimum absolute atomic E-state index is 1.00. The van der Waals surface area contributed by atoms with Crippen LogP contribution in [0.25, 0.3) is 0 Å². The van der Waals surface area contributed by atoms with Crippen LogP contribution in [0.3, 0.4) is 0 Å². The maximum absolute atomic E-state index is 10.0. The predicted octanol–water partition coefficient (Wildman–Crippen LogP) is -0.830. The SMILES string of the molecule is CC(C)(C(=O)[O-])C(=O)O.C[N+](C)(C)C. The van der Waals surface area contributed by atoms with Crippen LogP contribution in [0.2, 0.25) is 0 Å². The van der Waals surface area contributed by atoms with E-state index in [1.807, 2.05) is 0 Å². The molecule has 0 bridgehead atoms. The molecule has 84 valence electrons. The maximum Gasteiger partial charge on any atom is 0.314 e. The molecule has 5 heteroatoms. The maximum atomic E-state index is 10.0. The number of carbonyl (C=O) groups is 2. The molecule has 0 aromatic rings. The molecule has 0 heterocycles. The summed E-state index contributed by atoms with van der Waals surface area (Å²) >= 11 is 0. The third-order valence-corrected chi connectivity index (χ3v) is 1.04. The highest BCUT2D eigenvalue weighted by atomic mass is 16.4. The number of aliphatic carboxylic acids is 2. The molecule has 0 saturated carbocycles. The first kappa shape index (κ1) is 15.4. The molecule has 0 aliphatic carbocycles. The van der Waals surface area contributed by atoms with E-state index in [1.54, 1.807) is 0 Å². The molecule has 0 spiro atoms. The Bertz CT molecular complexity index is 193. The summed E-state index contributed by atoms with van der Waals surface area (Å²) in [7, 11) is 8.50. The van der Waals surface area contributed by atoms with Gasteiger partial charge in [0.15, 0.2) is 0 Å². The van der Waals surface area contributed by atoms with Crippen LogP contribution in [0.5, 0.6) is 0 Å². The van der Waals surface area contributed by atoms with Crippen molar-refractivity contribution in [2.75, 3.05) is 28.2 Å². The van der Waals surface area contributed by atoms with Crippen LogP contribution in [0.15, 0.2) is 0 Å². The van der Waals surface area contributed by atoms with Crippen molar-refractivity contribution >= 4 is 11.9 Å². The van der Waals surface area contributed by atoms with Crippen LogP contribution in [0.4, 0.5) is 0 Å². The number of rotatable bonds is 2. The Morgan fingerprint density at radius 3 is 1.36 bits per heavy atom. The topological polar surface area (TPSA) is 77.4 Å². The average Bonchev–Trinajstić information content (AvgIpc) is 1.82. The second kappa shape index (κ2) is 4.95. The summed E-state index contributed by atoms with van der Waals surface area (Å²) in [5.41, 5.74) is -1.78. The van der Waals surface area contributed by atoms with Gasteiger partial charge in [0.05, 0.1) is 34.2 Å². The number of hydrogen-bond acceptors (Lipinski definition) is 3. The Morgan fingerprint density at radius 2 is 1.36 bits per heavy atom. The molecule has 0 aliphatic heterocycles. The Hall–Kier alpha value is -1.10. The summed E-state index contributed by atoms with van der Waals surface area (Å²) in [5.74, 6) is -2.96. The molecular formula is C9H19NO4. The third-order valence-electron chi connectivity index (χ3n) is 1.04. The molecule has 14 heavy (non-hydrogen) atoms. The highest BCUT2D eigenvalue weighted by Gasteiger charge is 2.28. The highest BCUT2D eigenvalue weighted by Crippen LogP contribution is 2.12. The monoisotopic (exact) mass is 205 g/mol. The molecule has 0 unspecified atom stereocenters. The summed E-state index contributed by atoms with van der Waals surface area (Å²) in [4.78, 5) is 20.0. The fourth-order valence-corrected chi connectivity index (χ4v) is 0.0873. The standard InChI is InChI=1S/C5H8O4.C4H12N/c1-5(2,3(6)7)4(8)9;1-5(2,3)4/h1-2H3,(H,6,7)(H,8,9);1-4H3/q;+1/p-1. The number of carbonyl (C=O) groups excluding carboxylic acids is 1. The van der Waals surface area contributed by atoms with E-state index in [2.05, 4.69) is 28.2 Å². The second-order valence-corrected chi connectivity index (χ2v) is 4.90. The zero-order valence-corrected chi connectivity index (χ0v) is 9.62. The normalized spacial score (nSPS) is 11.3. The van der Waals surface area contributed by atoms with Gasteiger partial charge >= 0.3 is 5.97 Å². The van der Waals surface area contributed by atoms with Crippen LogP contribution in [0, 0.1) is 5.41 Å². The van der Waals surface area contributed by atoms with E-state index in [1.165, 1.54) is 0 Å². The summed E-state index contributed by atoms with van der Waals surface area (Å²) in [6, 6.07) is 0. The van der Waals surface area contributed by atoms with Crippen molar-refractivity contribution in [2.45, 2.75) is 13.8 Å². The second-order valence-electron chi connectivity index (χ2n) is 4.90. The molecule has 0 radical (unpaired) electrons. The van der Waals surface area contributed by atoms with Crippen molar-refractivity contribution in [3.63, 3.8) is 0 Å². The van der Waals surface area contributed by atoms with Gasteiger partial charge in [-0.2, -0.15) is 0 Å². The fourth-order valence-electron chi connectivity index (χ4n) is 0.0873. The Labute approximate surface area is 84.5 Å². The first-order chi connectivity index (χ1) is 5.89. The van der Waals surface area contributed by atoms with Crippen molar-refractivity contribution in [3.05, 3.63) is 0 Å². The Morgan fingerprint density at radius 1 is 1.14 bits per heavy atom. The minimum atomic E-state index is -1.78. The molecule has 0 fully saturated rings. The van der Waals surface area contributed by atoms with Gasteiger partial charge in [0, 0.05) is 0 Å². The zero-order valence-electron chi connectivity index (χ0n) is 9.62. The van der Waals surface area contributed by atoms with Crippen molar-refractivity contribution in [1.29, 1.82) is 0 Å². The van der Waals surface area contributed by atoms with E-state index in [0.29, 0.717) is 0 Å². The van der Waals surface area contributed by atoms with Gasteiger partial charge in [-0.15, -0.1) is 0 Å². The van der Waals surface area contributed by atoms with Gasteiger partial charge in [-0.25, -0.2) is 0 Å². The lowest BCUT2D eigenvalue weighted by Gasteiger charge is -2.19. The molecule has 0 amide bonds. The number of carboxylic acids is 2. The molecule has 1 N–H and O–H groups in total. The first-order valence-corrected chi connectivity index (χ1v) is 4.12. The molecular weight excluding hydrogens is 186 g/mol. The van der Waals surface area contributed by atoms with Gasteiger partial charge < -0.3 is 19.5 Å². The Balaban J connectivity index is 0. The van der Waals surface area contributed by atoms with Gasteiger partial charge in [0.25, 0.3) is 0 Å². The van der Waals surface area contributed by atoms with Crippen molar-refractivity contribution in [2.24, 2.45) is 5.41 Å². The lowest BCUT2D eigenvalue weighted by Crippen LogP contribution is -2.43. The molecule has 0 atom stereocenters. The zero-order chi connectivity index (χ0) is 12.2. The highest BCUT2D eigenvalue weighted by molar-refractivity contribution is 5.96. The van der Waals surface area contributed by atoms with Crippen molar-refractivity contribution < 1.29 is 24.3 Å². The van der Waals surface area contributed by atoms with Crippen molar-refractivity contribution in [3.8, 4) is 0 Å². The number of nitrogens with zero attached hydrogens (tertiary/aromatic N) is 1. The lowest BCUT2D eigenvalue weighted by atomic mass is 9.95. The number of hydrogen-bond donors (Lipinski definition) is 1. The van der Waals surface area contributed by atoms with Crippen LogP contribution in [-0.4, -0.2) is 49.7 Å². The van der Waals surface area contributed by atoms with Crippen LogP contribution in [0.1, 0.15) is 13.8 Å². The van der Waals surface area contributed by atoms with Crippen LogP contribution in [-0.2, 0) is 9.59 Å². The smallest absolute Gasteiger partial charge is 0.314 e. The van der Waals surface area contributed by atoms with Crippen LogP contribution >= 0.6 is 0 Å². The van der Waals surface area contributed by atoms with E-state index >= 15 is 0 Å². The van der Waals surface area contributed by atoms with E-state index in [-0.39, 0.29) is 0 Å². The Kier molecular flexibility index (Phi) is 5.44. The van der Waals surface area contributed by atoms with Gasteiger partial charge in [-0.1, -0.05) is 0 Å². The van der Waals surface area contributed by atoms with E-state index in [4.69, 9.17) is 5.11 Å².